The van der Waals surface area contributed by atoms with Crippen molar-refractivity contribution in [1.29, 1.82) is 10.5 Å². The molecule has 0 saturated heterocycles. The van der Waals surface area contributed by atoms with Crippen LogP contribution in [0.15, 0.2) is 467 Å². The molecule has 0 N–H and O–H groups in total. The molecule has 0 radical (unpaired) electrons. The molecule has 20 aromatic carbocycles. The summed E-state index contributed by atoms with van der Waals surface area (Å²) >= 11 is 0. The zero-order valence-corrected chi connectivity index (χ0v) is 72.8. The highest BCUT2D eigenvalue weighted by atomic mass is 19.1. The van der Waals surface area contributed by atoms with Crippen LogP contribution in [0.5, 0.6) is 0 Å². The highest BCUT2D eigenvalue weighted by Gasteiger charge is 2.53. The third-order valence-electron chi connectivity index (χ3n) is 27.7. The number of furan rings is 4. The van der Waals surface area contributed by atoms with Crippen molar-refractivity contribution in [3.63, 3.8) is 0 Å². The van der Waals surface area contributed by atoms with Crippen LogP contribution in [0.3, 0.4) is 0 Å². The van der Waals surface area contributed by atoms with Gasteiger partial charge in [-0.1, -0.05) is 297 Å². The summed E-state index contributed by atoms with van der Waals surface area (Å²) in [5, 5.41) is 30.6. The Hall–Kier alpha value is -18.4. The molecule has 638 valence electrons. The highest BCUT2D eigenvalue weighted by molar-refractivity contribution is 6.29. The van der Waals surface area contributed by atoms with Crippen molar-refractivity contribution in [2.75, 3.05) is 19.6 Å². The predicted molar refractivity (Wildman–Crippen MR) is 544 cm³/mol. The van der Waals surface area contributed by atoms with Gasteiger partial charge in [0.05, 0.1) is 66.9 Å². The van der Waals surface area contributed by atoms with Crippen molar-refractivity contribution in [2.24, 2.45) is 0 Å². The van der Waals surface area contributed by atoms with E-state index in [1.165, 1.54) is 12.1 Å². The quantitative estimate of drug-likeness (QED) is 0.0873. The Morgan fingerprint density at radius 1 is 0.228 bits per heavy atom. The first-order valence-corrected chi connectivity index (χ1v) is 45.4. The monoisotopic (exact) mass is 1750 g/mol. The Kier molecular flexibility index (Phi) is 18.0. The van der Waals surface area contributed by atoms with E-state index in [2.05, 4.69) is 232 Å². The molecule has 0 bridgehead atoms. The Labute approximate surface area is 780 Å². The van der Waals surface area contributed by atoms with Gasteiger partial charge in [-0.2, -0.15) is 10.5 Å². The number of halogens is 2. The average molecular weight is 1750 g/mol. The van der Waals surface area contributed by atoms with Gasteiger partial charge in [-0.15, -0.1) is 0 Å². The molecule has 2 aliphatic carbocycles. The van der Waals surface area contributed by atoms with E-state index >= 15 is 8.78 Å². The van der Waals surface area contributed by atoms with E-state index in [0.29, 0.717) is 107 Å². The molecule has 0 saturated carbocycles. The molecule has 12 heteroatoms. The van der Waals surface area contributed by atoms with Crippen molar-refractivity contribution in [3.8, 4) is 45.5 Å². The van der Waals surface area contributed by atoms with E-state index in [9.17, 15) is 10.5 Å². The van der Waals surface area contributed by atoms with E-state index in [1.807, 2.05) is 218 Å². The number of fused-ring (bicyclic) bond motifs is 22. The molecule has 10 nitrogen and oxygen atoms in total. The van der Waals surface area contributed by atoms with Crippen molar-refractivity contribution in [1.82, 2.24) is 0 Å². The van der Waals surface area contributed by atoms with Gasteiger partial charge in [0.25, 0.3) is 0 Å². The lowest BCUT2D eigenvalue weighted by Gasteiger charge is -2.36. The lowest BCUT2D eigenvalue weighted by atomic mass is 9.67. The van der Waals surface area contributed by atoms with E-state index in [4.69, 9.17) is 17.7 Å². The maximum absolute atomic E-state index is 18.7. The molecule has 0 unspecified atom stereocenters. The van der Waals surface area contributed by atoms with Gasteiger partial charge in [-0.05, 0) is 202 Å². The Balaban J connectivity index is 0.728. The fourth-order valence-corrected chi connectivity index (χ4v) is 22.3. The summed E-state index contributed by atoms with van der Waals surface area (Å²) in [5.41, 5.74) is 23.2. The van der Waals surface area contributed by atoms with Crippen LogP contribution in [0.2, 0.25) is 0 Å². The minimum Gasteiger partial charge on any atom is -0.455 e. The molecule has 2 aliphatic rings. The number of nitriles is 2. The van der Waals surface area contributed by atoms with Gasteiger partial charge in [0, 0.05) is 94.3 Å². The van der Waals surface area contributed by atoms with Crippen molar-refractivity contribution < 1.29 is 26.4 Å². The van der Waals surface area contributed by atoms with Crippen LogP contribution in [0.4, 0.5) is 77.0 Å². The van der Waals surface area contributed by atoms with E-state index < -0.39 is 16.6 Å². The van der Waals surface area contributed by atoms with Gasteiger partial charge >= 0.3 is 0 Å². The first-order chi connectivity index (χ1) is 67.2. The molecular formula is C124H74F2N6O4. The predicted octanol–water partition coefficient (Wildman–Crippen LogP) is 33.6. The van der Waals surface area contributed by atoms with Crippen LogP contribution < -0.4 is 19.6 Å². The number of benzene rings is 20. The smallest absolute Gasteiger partial charge is 0.160 e. The number of hydrogen-bond donors (Lipinski definition) is 0. The SMILES string of the molecule is N#Cc1ccccc1N(c1ccccc1)c1cc2c(c3c1oc1ccccc13)-c1c(cc(N(c3ccccc3)c3cccc(-c4cc(F)cc(N(c5ccccc5)c5cc6c(c7c5oc5ccccc57)-c5c(cc(N(c7ccccc7)c7cccc(F)c7)c7c5oc5ccccc57)C6(c5ccccc5)c5ccccc5)c4)c3C#N)c3c1oc1ccccc13)C2(c1ccccc1)c1ccccc1. The third-order valence-corrected chi connectivity index (χ3v) is 27.7. The lowest BCUT2D eigenvalue weighted by Crippen LogP contribution is -2.29. The zero-order chi connectivity index (χ0) is 90.4. The molecule has 0 amide bonds. The summed E-state index contributed by atoms with van der Waals surface area (Å²) in [6.45, 7) is 0. The molecule has 0 aliphatic heterocycles. The second-order valence-electron chi connectivity index (χ2n) is 34.7. The molecule has 0 fully saturated rings. The van der Waals surface area contributed by atoms with Crippen LogP contribution in [0.25, 0.3) is 121 Å². The van der Waals surface area contributed by atoms with Crippen LogP contribution in [0.1, 0.15) is 55.6 Å². The number of para-hydroxylation sites is 9. The normalized spacial score (nSPS) is 12.7. The van der Waals surface area contributed by atoms with Crippen LogP contribution in [-0.4, -0.2) is 0 Å². The summed E-state index contributed by atoms with van der Waals surface area (Å²) < 4.78 is 65.2. The minimum atomic E-state index is -1.19. The fourth-order valence-electron chi connectivity index (χ4n) is 22.3. The first kappa shape index (κ1) is 78.7. The summed E-state index contributed by atoms with van der Waals surface area (Å²) in [7, 11) is 0. The van der Waals surface area contributed by atoms with Gasteiger partial charge in [-0.3, -0.25) is 0 Å². The molecule has 4 aromatic heterocycles. The molecule has 26 rings (SSSR count). The lowest BCUT2D eigenvalue weighted by molar-refractivity contribution is 0.628. The zero-order valence-electron chi connectivity index (χ0n) is 72.8. The van der Waals surface area contributed by atoms with Gasteiger partial charge in [0.2, 0.25) is 0 Å². The van der Waals surface area contributed by atoms with Crippen molar-refractivity contribution >= 4 is 156 Å². The van der Waals surface area contributed by atoms with Crippen molar-refractivity contribution in [2.45, 2.75) is 10.8 Å². The Morgan fingerprint density at radius 3 is 0.985 bits per heavy atom. The van der Waals surface area contributed by atoms with Gasteiger partial charge in [-0.25, -0.2) is 8.78 Å². The topological polar surface area (TPSA) is 113 Å². The maximum Gasteiger partial charge on any atom is 0.160 e. The first-order valence-electron chi connectivity index (χ1n) is 45.4. The molecule has 4 heterocycles. The number of rotatable bonds is 17. The van der Waals surface area contributed by atoms with Gasteiger partial charge < -0.3 is 37.3 Å². The maximum atomic E-state index is 18.7. The minimum absolute atomic E-state index is 0.260. The Morgan fingerprint density at radius 2 is 0.551 bits per heavy atom. The third kappa shape index (κ3) is 11.7. The highest BCUT2D eigenvalue weighted by Crippen LogP contribution is 2.68. The van der Waals surface area contributed by atoms with Gasteiger partial charge in [0.15, 0.2) is 11.2 Å². The second-order valence-corrected chi connectivity index (χ2v) is 34.7. The van der Waals surface area contributed by atoms with Crippen LogP contribution in [0, 0.1) is 34.3 Å². The number of hydrogen-bond acceptors (Lipinski definition) is 10. The molecule has 24 aromatic rings. The van der Waals surface area contributed by atoms with Crippen molar-refractivity contribution in [3.05, 3.63) is 516 Å². The van der Waals surface area contributed by atoms with E-state index in [0.717, 1.165) is 133 Å². The summed E-state index contributed by atoms with van der Waals surface area (Å²) in [6.07, 6.45) is 0. The molecular weight excluding hydrogens is 1680 g/mol. The van der Waals surface area contributed by atoms with Crippen LogP contribution in [-0.2, 0) is 10.8 Å². The van der Waals surface area contributed by atoms with Gasteiger partial charge in [0.1, 0.15) is 57.3 Å². The Bertz CT molecular complexity index is 8990. The average Bonchev–Trinajstić information content (AvgIpc) is 1.50. The summed E-state index contributed by atoms with van der Waals surface area (Å²) in [4.78, 5) is 8.58. The fraction of sp³-hybridized carbons (Fsp3) is 0.0161. The standard InChI is InChI=1S/C124H74F2N6O4/c125-83-46-35-55-89(69-83)129(85-47-17-5-18-48-85)103-71-99-117(121-111(103)92-56-26-31-63-107(92)135-121)115-97(123(99,79-38-9-1-10-39-79)80-40-11-2-12-41-80)73-105(119-113(115)94-58-28-33-65-109(94)133-119)130(86-49-19-6-20-50-86)90-68-78(67-84(126)70-90)91-60-36-62-102(96(91)76-128)132(88-53-23-8-24-54-88)104-72-100-118(122-112(104)93-57-27-32-64-108(93)136-122)116-98(124(100,81-42-13-3-14-43-81)82-44-15-4-16-45-82)74-106(120-114(116)95-59-29-34-66-110(95)134-120)131(87-51-21-7-22-52-87)101-61-30-25-37-77(101)75-127/h1-74H. The molecule has 136 heavy (non-hydrogen) atoms. The summed E-state index contributed by atoms with van der Waals surface area (Å²) in [6, 6.07) is 156. The largest absolute Gasteiger partial charge is 0.455 e. The van der Waals surface area contributed by atoms with E-state index in [1.54, 1.807) is 18.2 Å². The number of anilines is 12. The van der Waals surface area contributed by atoms with Crippen LogP contribution >= 0.6 is 0 Å². The van der Waals surface area contributed by atoms with E-state index in [-0.39, 0.29) is 11.4 Å². The second kappa shape index (κ2) is 31.2. The summed E-state index contributed by atoms with van der Waals surface area (Å²) in [5.74, 6) is -0.949. The molecule has 0 spiro atoms. The molecule has 0 atom stereocenters. The number of nitrogens with zero attached hydrogens (tertiary/aromatic N) is 6.